The Kier molecular flexibility index (Phi) is 5.44. The first kappa shape index (κ1) is 17.7. The van der Waals surface area contributed by atoms with Crippen molar-refractivity contribution in [2.24, 2.45) is 0 Å². The van der Waals surface area contributed by atoms with E-state index in [0.29, 0.717) is 12.5 Å². The van der Waals surface area contributed by atoms with Crippen LogP contribution in [0.15, 0.2) is 48.7 Å². The number of carbonyl (C=O) groups is 1. The molecule has 0 radical (unpaired) electrons. The van der Waals surface area contributed by atoms with Crippen LogP contribution in [0.25, 0.3) is 5.65 Å². The van der Waals surface area contributed by atoms with Gasteiger partial charge in [0.15, 0.2) is 5.65 Å². The summed E-state index contributed by atoms with van der Waals surface area (Å²) >= 11 is 0. The van der Waals surface area contributed by atoms with Crippen LogP contribution in [0.2, 0.25) is 0 Å². The van der Waals surface area contributed by atoms with Crippen LogP contribution in [0.5, 0.6) is 0 Å². The third-order valence-corrected chi connectivity index (χ3v) is 5.16. The molecule has 1 fully saturated rings. The highest BCUT2D eigenvalue weighted by Crippen LogP contribution is 2.23. The Labute approximate surface area is 159 Å². The first-order valence-corrected chi connectivity index (χ1v) is 9.69. The molecule has 27 heavy (non-hydrogen) atoms. The highest BCUT2D eigenvalue weighted by Gasteiger charge is 2.16. The Morgan fingerprint density at radius 2 is 2.19 bits per heavy atom. The standard InChI is InChI=1S/C21H25N5O/c27-21(17-7-3-6-16(14-17)18-8-4-11-22-15-18)23-12-5-10-20-25-24-19-9-1-2-13-26(19)20/h1-3,6-7,9,13-14,18,22H,4-5,8,10-12,15H2,(H,23,27). The molecule has 1 saturated heterocycles. The molecule has 3 aromatic rings. The van der Waals surface area contributed by atoms with E-state index in [-0.39, 0.29) is 5.91 Å². The zero-order chi connectivity index (χ0) is 18.5. The van der Waals surface area contributed by atoms with E-state index in [1.54, 1.807) is 0 Å². The molecule has 0 aliphatic carbocycles. The van der Waals surface area contributed by atoms with E-state index >= 15 is 0 Å². The Hall–Kier alpha value is -2.73. The smallest absolute Gasteiger partial charge is 0.251 e. The Bertz CT molecular complexity index is 914. The molecular formula is C21H25N5O. The van der Waals surface area contributed by atoms with Crippen LogP contribution in [0.4, 0.5) is 0 Å². The third kappa shape index (κ3) is 4.17. The van der Waals surface area contributed by atoms with Crippen LogP contribution < -0.4 is 10.6 Å². The normalized spacial score (nSPS) is 17.1. The summed E-state index contributed by atoms with van der Waals surface area (Å²) in [5.74, 6) is 1.42. The average molecular weight is 363 g/mol. The lowest BCUT2D eigenvalue weighted by Crippen LogP contribution is -2.29. The minimum absolute atomic E-state index is 0.00767. The summed E-state index contributed by atoms with van der Waals surface area (Å²) in [7, 11) is 0. The van der Waals surface area contributed by atoms with Crippen molar-refractivity contribution >= 4 is 11.6 Å². The minimum Gasteiger partial charge on any atom is -0.352 e. The van der Waals surface area contributed by atoms with Gasteiger partial charge < -0.3 is 10.6 Å². The molecule has 1 aromatic carbocycles. The summed E-state index contributed by atoms with van der Waals surface area (Å²) in [5.41, 5.74) is 2.85. The minimum atomic E-state index is -0.00767. The number of hydrogen-bond donors (Lipinski definition) is 2. The third-order valence-electron chi connectivity index (χ3n) is 5.16. The van der Waals surface area contributed by atoms with Crippen molar-refractivity contribution < 1.29 is 4.79 Å². The summed E-state index contributed by atoms with van der Waals surface area (Å²) in [5, 5.41) is 14.8. The Morgan fingerprint density at radius 1 is 1.22 bits per heavy atom. The summed E-state index contributed by atoms with van der Waals surface area (Å²) in [6, 6.07) is 13.9. The molecule has 1 aliphatic heterocycles. The number of amides is 1. The van der Waals surface area contributed by atoms with Crippen LogP contribution >= 0.6 is 0 Å². The lowest BCUT2D eigenvalue weighted by atomic mass is 9.90. The molecule has 1 aliphatic rings. The van der Waals surface area contributed by atoms with Crippen LogP contribution in [0.1, 0.15) is 46.9 Å². The van der Waals surface area contributed by atoms with Crippen LogP contribution in [0.3, 0.4) is 0 Å². The highest BCUT2D eigenvalue weighted by molar-refractivity contribution is 5.94. The van der Waals surface area contributed by atoms with E-state index < -0.39 is 0 Å². The van der Waals surface area contributed by atoms with E-state index in [1.165, 1.54) is 18.4 Å². The fraction of sp³-hybridized carbons (Fsp3) is 0.381. The van der Waals surface area contributed by atoms with Crippen LogP contribution in [-0.2, 0) is 6.42 Å². The topological polar surface area (TPSA) is 71.3 Å². The van der Waals surface area contributed by atoms with Gasteiger partial charge in [-0.15, -0.1) is 10.2 Å². The van der Waals surface area contributed by atoms with Gasteiger partial charge in [0, 0.05) is 31.3 Å². The van der Waals surface area contributed by atoms with Crippen molar-refractivity contribution in [3.05, 3.63) is 65.6 Å². The average Bonchev–Trinajstić information content (AvgIpc) is 3.15. The van der Waals surface area contributed by atoms with Crippen molar-refractivity contribution in [3.63, 3.8) is 0 Å². The van der Waals surface area contributed by atoms with Gasteiger partial charge in [0.25, 0.3) is 5.91 Å². The van der Waals surface area contributed by atoms with Gasteiger partial charge in [0.05, 0.1) is 0 Å². The molecule has 2 N–H and O–H groups in total. The summed E-state index contributed by atoms with van der Waals surface area (Å²) in [6.45, 7) is 2.71. The van der Waals surface area contributed by atoms with Gasteiger partial charge in [-0.1, -0.05) is 18.2 Å². The van der Waals surface area contributed by atoms with Gasteiger partial charge in [-0.2, -0.15) is 0 Å². The zero-order valence-corrected chi connectivity index (χ0v) is 15.4. The maximum absolute atomic E-state index is 12.5. The van der Waals surface area contributed by atoms with E-state index in [1.807, 2.05) is 47.0 Å². The molecule has 2 aromatic heterocycles. The number of aromatic nitrogens is 3. The first-order valence-electron chi connectivity index (χ1n) is 9.69. The number of pyridine rings is 1. The summed E-state index contributed by atoms with van der Waals surface area (Å²) in [6.07, 6.45) is 5.95. The zero-order valence-electron chi connectivity index (χ0n) is 15.4. The predicted molar refractivity (Wildman–Crippen MR) is 105 cm³/mol. The molecule has 0 spiro atoms. The molecule has 0 saturated carbocycles. The maximum atomic E-state index is 12.5. The molecule has 1 atom stereocenters. The second-order valence-corrected chi connectivity index (χ2v) is 7.07. The van der Waals surface area contributed by atoms with Crippen molar-refractivity contribution in [2.75, 3.05) is 19.6 Å². The molecule has 1 unspecified atom stereocenters. The van der Waals surface area contributed by atoms with E-state index in [4.69, 9.17) is 0 Å². The number of nitrogens with one attached hydrogen (secondary N) is 2. The number of fused-ring (bicyclic) bond motifs is 1. The van der Waals surface area contributed by atoms with E-state index in [0.717, 1.165) is 43.0 Å². The number of nitrogens with zero attached hydrogens (tertiary/aromatic N) is 3. The number of benzene rings is 1. The lowest BCUT2D eigenvalue weighted by Gasteiger charge is -2.23. The van der Waals surface area contributed by atoms with Crippen molar-refractivity contribution in [2.45, 2.75) is 31.6 Å². The Balaban J connectivity index is 1.30. The molecule has 0 bridgehead atoms. The van der Waals surface area contributed by atoms with Gasteiger partial charge in [-0.05, 0) is 61.6 Å². The number of piperidine rings is 1. The monoisotopic (exact) mass is 363 g/mol. The van der Waals surface area contributed by atoms with Gasteiger partial charge in [-0.25, -0.2) is 0 Å². The number of hydrogen-bond acceptors (Lipinski definition) is 4. The van der Waals surface area contributed by atoms with Crippen molar-refractivity contribution in [1.82, 2.24) is 25.2 Å². The largest absolute Gasteiger partial charge is 0.352 e. The maximum Gasteiger partial charge on any atom is 0.251 e. The molecule has 6 nitrogen and oxygen atoms in total. The first-order chi connectivity index (χ1) is 13.3. The fourth-order valence-electron chi connectivity index (χ4n) is 3.68. The highest BCUT2D eigenvalue weighted by atomic mass is 16.1. The van der Waals surface area contributed by atoms with Crippen LogP contribution in [-0.4, -0.2) is 40.1 Å². The van der Waals surface area contributed by atoms with Crippen LogP contribution in [0, 0.1) is 0 Å². The van der Waals surface area contributed by atoms with Gasteiger partial charge in [-0.3, -0.25) is 9.20 Å². The number of aryl methyl sites for hydroxylation is 1. The van der Waals surface area contributed by atoms with E-state index in [2.05, 4.69) is 26.9 Å². The number of carbonyl (C=O) groups excluding carboxylic acids is 1. The second kappa shape index (κ2) is 8.31. The fourth-order valence-corrected chi connectivity index (χ4v) is 3.68. The summed E-state index contributed by atoms with van der Waals surface area (Å²) < 4.78 is 1.99. The van der Waals surface area contributed by atoms with Crippen molar-refractivity contribution in [1.29, 1.82) is 0 Å². The quantitative estimate of drug-likeness (QED) is 0.660. The van der Waals surface area contributed by atoms with Gasteiger partial charge >= 0.3 is 0 Å². The molecule has 1 amide bonds. The SMILES string of the molecule is O=C(NCCCc1nnc2ccccn12)c1cccc(C2CCCNC2)c1. The molecule has 6 heteroatoms. The van der Waals surface area contributed by atoms with Gasteiger partial charge in [0.2, 0.25) is 0 Å². The molecule has 3 heterocycles. The second-order valence-electron chi connectivity index (χ2n) is 7.07. The molecule has 4 rings (SSSR count). The molecular weight excluding hydrogens is 338 g/mol. The number of rotatable bonds is 6. The lowest BCUT2D eigenvalue weighted by molar-refractivity contribution is 0.0953. The van der Waals surface area contributed by atoms with E-state index in [9.17, 15) is 4.79 Å². The summed E-state index contributed by atoms with van der Waals surface area (Å²) in [4.78, 5) is 12.5. The Morgan fingerprint density at radius 3 is 3.07 bits per heavy atom. The molecule has 140 valence electrons. The van der Waals surface area contributed by atoms with Crippen molar-refractivity contribution in [3.8, 4) is 0 Å². The van der Waals surface area contributed by atoms with Gasteiger partial charge in [0.1, 0.15) is 5.82 Å². The predicted octanol–water partition coefficient (Wildman–Crippen LogP) is 2.56.